The third-order valence-corrected chi connectivity index (χ3v) is 2.76. The molecule has 0 saturated heterocycles. The zero-order valence-electron chi connectivity index (χ0n) is 11.1. The predicted octanol–water partition coefficient (Wildman–Crippen LogP) is 0.633. The number of aromatic nitrogens is 4. The lowest BCUT2D eigenvalue weighted by molar-refractivity contribution is 0.0600. The van der Waals surface area contributed by atoms with Gasteiger partial charge in [0.1, 0.15) is 23.5 Å². The summed E-state index contributed by atoms with van der Waals surface area (Å²) in [4.78, 5) is 25.7. The van der Waals surface area contributed by atoms with Gasteiger partial charge < -0.3 is 14.2 Å². The summed E-state index contributed by atoms with van der Waals surface area (Å²) in [7, 11) is 5.08. The van der Waals surface area contributed by atoms with Crippen molar-refractivity contribution in [1.82, 2.24) is 19.5 Å². The molecule has 0 aliphatic heterocycles. The van der Waals surface area contributed by atoms with Crippen LogP contribution >= 0.6 is 0 Å². The van der Waals surface area contributed by atoms with Crippen LogP contribution in [-0.4, -0.2) is 39.6 Å². The Morgan fingerprint density at radius 2 is 2.26 bits per heavy atom. The van der Waals surface area contributed by atoms with E-state index in [0.29, 0.717) is 17.9 Å². The molecule has 0 N–H and O–H groups in total. The molecule has 0 aromatic carbocycles. The fourth-order valence-corrected chi connectivity index (χ4v) is 1.72. The van der Waals surface area contributed by atoms with Crippen molar-refractivity contribution in [2.75, 3.05) is 19.1 Å². The third-order valence-electron chi connectivity index (χ3n) is 2.76. The van der Waals surface area contributed by atoms with Crippen LogP contribution in [0.1, 0.15) is 16.2 Å². The molecule has 19 heavy (non-hydrogen) atoms. The van der Waals surface area contributed by atoms with Gasteiger partial charge in [-0.1, -0.05) is 0 Å². The largest absolute Gasteiger partial charge is 0.465 e. The smallest absolute Gasteiger partial charge is 0.343 e. The quantitative estimate of drug-likeness (QED) is 0.752. The molecule has 0 saturated carbocycles. The minimum atomic E-state index is -0.456. The molecule has 2 heterocycles. The van der Waals surface area contributed by atoms with Gasteiger partial charge in [-0.25, -0.2) is 19.7 Å². The van der Waals surface area contributed by atoms with E-state index in [9.17, 15) is 4.79 Å². The van der Waals surface area contributed by atoms with E-state index in [1.807, 2.05) is 29.8 Å². The highest BCUT2D eigenvalue weighted by Crippen LogP contribution is 2.17. The molecule has 0 spiro atoms. The molecule has 2 aromatic rings. The molecule has 0 aliphatic carbocycles. The van der Waals surface area contributed by atoms with Crippen molar-refractivity contribution in [1.29, 1.82) is 0 Å². The van der Waals surface area contributed by atoms with Crippen LogP contribution in [-0.2, 0) is 18.3 Å². The van der Waals surface area contributed by atoms with Crippen LogP contribution in [0, 0.1) is 0 Å². The maximum absolute atomic E-state index is 11.7. The second kappa shape index (κ2) is 5.47. The van der Waals surface area contributed by atoms with Crippen molar-refractivity contribution in [2.24, 2.45) is 7.05 Å². The van der Waals surface area contributed by atoms with Crippen molar-refractivity contribution >= 4 is 11.8 Å². The Hall–Kier alpha value is -2.44. The normalized spacial score (nSPS) is 10.3. The summed E-state index contributed by atoms with van der Waals surface area (Å²) >= 11 is 0. The molecule has 0 bridgehead atoms. The van der Waals surface area contributed by atoms with E-state index in [1.165, 1.54) is 19.6 Å². The first-order valence-electron chi connectivity index (χ1n) is 5.69. The SMILES string of the molecule is COC(=O)c1cncnc1N(C)Cc1nccn1C. The van der Waals surface area contributed by atoms with Crippen LogP contribution in [0.15, 0.2) is 24.9 Å². The summed E-state index contributed by atoms with van der Waals surface area (Å²) in [5.41, 5.74) is 0.335. The molecule has 0 atom stereocenters. The number of esters is 1. The minimum absolute atomic E-state index is 0.335. The van der Waals surface area contributed by atoms with Gasteiger partial charge in [0.25, 0.3) is 0 Å². The van der Waals surface area contributed by atoms with Crippen molar-refractivity contribution in [2.45, 2.75) is 6.54 Å². The van der Waals surface area contributed by atoms with Gasteiger partial charge in [0.05, 0.1) is 13.7 Å². The van der Waals surface area contributed by atoms with Gasteiger partial charge in [0.15, 0.2) is 0 Å². The summed E-state index contributed by atoms with van der Waals surface area (Å²) in [5.74, 6) is 0.934. The topological polar surface area (TPSA) is 73.1 Å². The molecule has 2 aromatic heterocycles. The Bertz CT molecular complexity index is 581. The molecule has 0 unspecified atom stereocenters. The van der Waals surface area contributed by atoms with Crippen LogP contribution in [0.2, 0.25) is 0 Å². The molecule has 0 aliphatic rings. The van der Waals surface area contributed by atoms with Gasteiger partial charge in [-0.05, 0) is 0 Å². The lowest BCUT2D eigenvalue weighted by atomic mass is 10.3. The Kier molecular flexibility index (Phi) is 3.74. The van der Waals surface area contributed by atoms with Gasteiger partial charge in [0.2, 0.25) is 0 Å². The number of carbonyl (C=O) groups is 1. The maximum atomic E-state index is 11.7. The monoisotopic (exact) mass is 261 g/mol. The second-order valence-corrected chi connectivity index (χ2v) is 4.06. The second-order valence-electron chi connectivity index (χ2n) is 4.06. The van der Waals surface area contributed by atoms with Gasteiger partial charge in [-0.2, -0.15) is 0 Å². The summed E-state index contributed by atoms with van der Waals surface area (Å²) in [6.07, 6.45) is 6.44. The molecule has 0 amide bonds. The number of imidazole rings is 1. The highest BCUT2D eigenvalue weighted by atomic mass is 16.5. The number of hydrogen-bond acceptors (Lipinski definition) is 6. The van der Waals surface area contributed by atoms with E-state index in [0.717, 1.165) is 5.82 Å². The average Bonchev–Trinajstić information content (AvgIpc) is 2.83. The van der Waals surface area contributed by atoms with E-state index in [1.54, 1.807) is 6.20 Å². The Labute approximate surface area is 110 Å². The minimum Gasteiger partial charge on any atom is -0.465 e. The predicted molar refractivity (Wildman–Crippen MR) is 68.7 cm³/mol. The standard InChI is InChI=1S/C12H15N5O2/c1-16-5-4-14-10(16)7-17(2)11-9(12(18)19-3)6-13-8-15-11/h4-6,8H,7H2,1-3H3. The number of nitrogens with zero attached hydrogens (tertiary/aromatic N) is 5. The number of aryl methyl sites for hydroxylation is 1. The first-order chi connectivity index (χ1) is 9.13. The number of carbonyl (C=O) groups excluding carboxylic acids is 1. The molecule has 7 nitrogen and oxygen atoms in total. The van der Waals surface area contributed by atoms with Crippen LogP contribution in [0.4, 0.5) is 5.82 Å². The zero-order valence-corrected chi connectivity index (χ0v) is 11.1. The van der Waals surface area contributed by atoms with Crippen LogP contribution in [0.3, 0.4) is 0 Å². The Balaban J connectivity index is 2.26. The lowest BCUT2D eigenvalue weighted by Crippen LogP contribution is -2.23. The summed E-state index contributed by atoms with van der Waals surface area (Å²) in [5, 5.41) is 0. The number of anilines is 1. The van der Waals surface area contributed by atoms with E-state index >= 15 is 0 Å². The van der Waals surface area contributed by atoms with E-state index in [4.69, 9.17) is 4.74 Å². The summed E-state index contributed by atoms with van der Waals surface area (Å²) in [6, 6.07) is 0. The first-order valence-corrected chi connectivity index (χ1v) is 5.69. The highest BCUT2D eigenvalue weighted by Gasteiger charge is 2.17. The first kappa shape index (κ1) is 13.0. The molecular formula is C12H15N5O2. The molecule has 2 rings (SSSR count). The molecular weight excluding hydrogens is 246 g/mol. The molecule has 100 valence electrons. The molecule has 0 fully saturated rings. The number of rotatable bonds is 4. The van der Waals surface area contributed by atoms with E-state index in [-0.39, 0.29) is 0 Å². The Morgan fingerprint density at radius 3 is 2.89 bits per heavy atom. The fraction of sp³-hybridized carbons (Fsp3) is 0.333. The van der Waals surface area contributed by atoms with Crippen molar-refractivity contribution in [3.05, 3.63) is 36.3 Å². The fourth-order valence-electron chi connectivity index (χ4n) is 1.72. The van der Waals surface area contributed by atoms with Gasteiger partial charge in [-0.3, -0.25) is 0 Å². The molecule has 7 heteroatoms. The van der Waals surface area contributed by atoms with Gasteiger partial charge >= 0.3 is 5.97 Å². The van der Waals surface area contributed by atoms with Crippen molar-refractivity contribution < 1.29 is 9.53 Å². The Morgan fingerprint density at radius 1 is 1.47 bits per heavy atom. The van der Waals surface area contributed by atoms with Gasteiger partial charge in [-0.15, -0.1) is 0 Å². The van der Waals surface area contributed by atoms with Gasteiger partial charge in [0, 0.05) is 32.7 Å². The van der Waals surface area contributed by atoms with Crippen LogP contribution in [0.5, 0.6) is 0 Å². The summed E-state index contributed by atoms with van der Waals surface area (Å²) in [6.45, 7) is 0.532. The van der Waals surface area contributed by atoms with Crippen molar-refractivity contribution in [3.63, 3.8) is 0 Å². The van der Waals surface area contributed by atoms with Crippen LogP contribution < -0.4 is 4.90 Å². The highest BCUT2D eigenvalue weighted by molar-refractivity contribution is 5.94. The number of ether oxygens (including phenoxy) is 1. The molecule has 0 radical (unpaired) electrons. The lowest BCUT2D eigenvalue weighted by Gasteiger charge is -2.19. The van der Waals surface area contributed by atoms with E-state index < -0.39 is 5.97 Å². The number of methoxy groups -OCH3 is 1. The zero-order chi connectivity index (χ0) is 13.8. The third kappa shape index (κ3) is 2.70. The van der Waals surface area contributed by atoms with Crippen molar-refractivity contribution in [3.8, 4) is 0 Å². The van der Waals surface area contributed by atoms with Crippen LogP contribution in [0.25, 0.3) is 0 Å². The van der Waals surface area contributed by atoms with E-state index in [2.05, 4.69) is 15.0 Å². The maximum Gasteiger partial charge on any atom is 0.343 e. The number of hydrogen-bond donors (Lipinski definition) is 0. The average molecular weight is 261 g/mol. The summed E-state index contributed by atoms with van der Waals surface area (Å²) < 4.78 is 6.63.